The molecular formula is C11H12F3NO. The van der Waals surface area contributed by atoms with Crippen molar-refractivity contribution >= 4 is 5.78 Å². The molecule has 0 spiro atoms. The number of rotatable bonds is 1. The molecule has 0 bridgehead atoms. The normalized spacial score (nSPS) is 12.6. The Morgan fingerprint density at radius 2 is 1.81 bits per heavy atom. The van der Waals surface area contributed by atoms with Gasteiger partial charge in [0.15, 0.2) is 5.78 Å². The van der Waals surface area contributed by atoms with Crippen molar-refractivity contribution in [3.63, 3.8) is 0 Å². The van der Waals surface area contributed by atoms with Crippen LogP contribution in [0.5, 0.6) is 0 Å². The molecule has 0 aliphatic carbocycles. The van der Waals surface area contributed by atoms with E-state index in [4.69, 9.17) is 0 Å². The van der Waals surface area contributed by atoms with Gasteiger partial charge in [-0.1, -0.05) is 20.8 Å². The molecule has 5 heteroatoms. The zero-order valence-corrected chi connectivity index (χ0v) is 9.22. The molecule has 16 heavy (non-hydrogen) atoms. The first-order valence-corrected chi connectivity index (χ1v) is 4.71. The van der Waals surface area contributed by atoms with E-state index in [1.165, 1.54) is 12.3 Å². The molecule has 0 aromatic carbocycles. The van der Waals surface area contributed by atoms with Crippen molar-refractivity contribution in [1.29, 1.82) is 0 Å². The van der Waals surface area contributed by atoms with Crippen molar-refractivity contribution in [2.75, 3.05) is 0 Å². The fourth-order valence-corrected chi connectivity index (χ4v) is 1.17. The maximum Gasteiger partial charge on any atom is 0.418 e. The van der Waals surface area contributed by atoms with Crippen LogP contribution in [0.3, 0.4) is 0 Å². The van der Waals surface area contributed by atoms with Gasteiger partial charge >= 0.3 is 6.18 Å². The number of carbonyl (C=O) groups excluding carboxylic acids is 1. The van der Waals surface area contributed by atoms with E-state index in [9.17, 15) is 18.0 Å². The Morgan fingerprint density at radius 3 is 2.25 bits per heavy atom. The van der Waals surface area contributed by atoms with Crippen LogP contribution in [-0.4, -0.2) is 10.8 Å². The van der Waals surface area contributed by atoms with Gasteiger partial charge in [-0.05, 0) is 12.1 Å². The van der Waals surface area contributed by atoms with Crippen LogP contribution in [0.25, 0.3) is 0 Å². The summed E-state index contributed by atoms with van der Waals surface area (Å²) in [6, 6.07) is 2.04. The van der Waals surface area contributed by atoms with Crippen molar-refractivity contribution in [2.24, 2.45) is 5.41 Å². The number of alkyl halides is 3. The quantitative estimate of drug-likeness (QED) is 0.694. The number of pyridine rings is 1. The van der Waals surface area contributed by atoms with Crippen molar-refractivity contribution in [1.82, 2.24) is 4.98 Å². The molecule has 1 aromatic heterocycles. The van der Waals surface area contributed by atoms with Gasteiger partial charge in [-0.15, -0.1) is 0 Å². The Labute approximate surface area is 91.5 Å². The first kappa shape index (κ1) is 12.7. The lowest BCUT2D eigenvalue weighted by atomic mass is 9.87. The Hall–Kier alpha value is -1.39. The summed E-state index contributed by atoms with van der Waals surface area (Å²) in [4.78, 5) is 15.3. The third-order valence-corrected chi connectivity index (χ3v) is 2.01. The van der Waals surface area contributed by atoms with Gasteiger partial charge in [0.2, 0.25) is 0 Å². The first-order valence-electron chi connectivity index (χ1n) is 4.71. The highest BCUT2D eigenvalue weighted by molar-refractivity contribution is 5.99. The Balaban J connectivity index is 3.31. The predicted octanol–water partition coefficient (Wildman–Crippen LogP) is 3.33. The second-order valence-corrected chi connectivity index (χ2v) is 4.48. The second kappa shape index (κ2) is 3.88. The van der Waals surface area contributed by atoms with E-state index < -0.39 is 28.6 Å². The molecule has 0 saturated carbocycles. The summed E-state index contributed by atoms with van der Waals surface area (Å²) >= 11 is 0. The molecule has 1 rings (SSSR count). The molecule has 0 N–H and O–H groups in total. The zero-order valence-electron chi connectivity index (χ0n) is 9.22. The third kappa shape index (κ3) is 2.59. The molecule has 0 aliphatic rings. The Morgan fingerprint density at radius 1 is 1.25 bits per heavy atom. The smallest absolute Gasteiger partial charge is 0.292 e. The van der Waals surface area contributed by atoms with Gasteiger partial charge in [-0.25, -0.2) is 0 Å². The van der Waals surface area contributed by atoms with Crippen molar-refractivity contribution in [3.8, 4) is 0 Å². The monoisotopic (exact) mass is 231 g/mol. The average Bonchev–Trinajstić information content (AvgIpc) is 2.14. The van der Waals surface area contributed by atoms with E-state index in [0.29, 0.717) is 0 Å². The standard InChI is InChI=1S/C11H12F3NO/c1-10(2,3)9(16)8-7(11(12,13)14)5-4-6-15-8/h4-6H,1-3H3. The lowest BCUT2D eigenvalue weighted by Crippen LogP contribution is -2.25. The molecule has 0 amide bonds. The summed E-state index contributed by atoms with van der Waals surface area (Å²) in [7, 11) is 0. The first-order chi connectivity index (χ1) is 7.14. The third-order valence-electron chi connectivity index (χ3n) is 2.01. The van der Waals surface area contributed by atoms with Crippen molar-refractivity contribution in [2.45, 2.75) is 26.9 Å². The number of nitrogens with zero attached hydrogens (tertiary/aromatic N) is 1. The van der Waals surface area contributed by atoms with Gasteiger partial charge in [0.25, 0.3) is 0 Å². The Kier molecular flexibility index (Phi) is 3.08. The lowest BCUT2D eigenvalue weighted by Gasteiger charge is -2.18. The van der Waals surface area contributed by atoms with Gasteiger partial charge in [0.05, 0.1) is 5.56 Å². The SMILES string of the molecule is CC(C)(C)C(=O)c1ncccc1C(F)(F)F. The second-order valence-electron chi connectivity index (χ2n) is 4.48. The van der Waals surface area contributed by atoms with Crippen LogP contribution in [0.4, 0.5) is 13.2 Å². The largest absolute Gasteiger partial charge is 0.418 e. The molecular weight excluding hydrogens is 219 g/mol. The van der Waals surface area contributed by atoms with Crippen LogP contribution < -0.4 is 0 Å². The number of hydrogen-bond acceptors (Lipinski definition) is 2. The van der Waals surface area contributed by atoms with E-state index >= 15 is 0 Å². The zero-order chi connectivity index (χ0) is 12.6. The average molecular weight is 231 g/mol. The molecule has 0 unspecified atom stereocenters. The highest BCUT2D eigenvalue weighted by Crippen LogP contribution is 2.33. The minimum atomic E-state index is -4.55. The van der Waals surface area contributed by atoms with Gasteiger partial charge in [0, 0.05) is 11.6 Å². The topological polar surface area (TPSA) is 30.0 Å². The van der Waals surface area contributed by atoms with Crippen LogP contribution in [0.2, 0.25) is 0 Å². The molecule has 0 atom stereocenters. The van der Waals surface area contributed by atoms with Gasteiger partial charge < -0.3 is 0 Å². The fourth-order valence-electron chi connectivity index (χ4n) is 1.17. The Bertz CT molecular complexity index is 404. The van der Waals surface area contributed by atoms with Gasteiger partial charge in [-0.2, -0.15) is 13.2 Å². The van der Waals surface area contributed by atoms with E-state index in [2.05, 4.69) is 4.98 Å². The molecule has 1 aromatic rings. The fraction of sp³-hybridized carbons (Fsp3) is 0.455. The molecule has 0 aliphatic heterocycles. The molecule has 1 heterocycles. The van der Waals surface area contributed by atoms with Crippen molar-refractivity contribution < 1.29 is 18.0 Å². The highest BCUT2D eigenvalue weighted by atomic mass is 19.4. The summed E-state index contributed by atoms with van der Waals surface area (Å²) < 4.78 is 37.8. The highest BCUT2D eigenvalue weighted by Gasteiger charge is 2.38. The van der Waals surface area contributed by atoms with Crippen LogP contribution >= 0.6 is 0 Å². The molecule has 0 radical (unpaired) electrons. The van der Waals surface area contributed by atoms with E-state index in [-0.39, 0.29) is 0 Å². The molecule has 0 saturated heterocycles. The molecule has 0 fully saturated rings. The summed E-state index contributed by atoms with van der Waals surface area (Å²) in [5, 5.41) is 0. The maximum atomic E-state index is 12.6. The molecule has 2 nitrogen and oxygen atoms in total. The number of carbonyl (C=O) groups is 1. The van der Waals surface area contributed by atoms with E-state index in [1.54, 1.807) is 20.8 Å². The summed E-state index contributed by atoms with van der Waals surface area (Å²) in [5.74, 6) is -0.611. The summed E-state index contributed by atoms with van der Waals surface area (Å²) in [5.41, 5.74) is -2.37. The van der Waals surface area contributed by atoms with Crippen LogP contribution in [0, 0.1) is 5.41 Å². The minimum absolute atomic E-state index is 0.512. The van der Waals surface area contributed by atoms with Gasteiger partial charge in [0.1, 0.15) is 5.69 Å². The van der Waals surface area contributed by atoms with Crippen LogP contribution in [0.15, 0.2) is 18.3 Å². The summed E-state index contributed by atoms with van der Waals surface area (Å²) in [6.07, 6.45) is -3.36. The molecule has 88 valence electrons. The number of aromatic nitrogens is 1. The lowest BCUT2D eigenvalue weighted by molar-refractivity contribution is -0.138. The number of halogens is 3. The van der Waals surface area contributed by atoms with Crippen LogP contribution in [0.1, 0.15) is 36.8 Å². The van der Waals surface area contributed by atoms with Crippen molar-refractivity contribution in [3.05, 3.63) is 29.6 Å². The predicted molar refractivity (Wildman–Crippen MR) is 53.0 cm³/mol. The summed E-state index contributed by atoms with van der Waals surface area (Å²) in [6.45, 7) is 4.68. The number of hydrogen-bond donors (Lipinski definition) is 0. The van der Waals surface area contributed by atoms with E-state index in [1.807, 2.05) is 0 Å². The number of ketones is 1. The maximum absolute atomic E-state index is 12.6. The van der Waals surface area contributed by atoms with Crippen LogP contribution in [-0.2, 0) is 6.18 Å². The van der Waals surface area contributed by atoms with E-state index in [0.717, 1.165) is 6.07 Å². The number of Topliss-reactive ketones (excluding diaryl/α,β-unsaturated/α-hetero) is 1. The minimum Gasteiger partial charge on any atom is -0.292 e. The van der Waals surface area contributed by atoms with Gasteiger partial charge in [-0.3, -0.25) is 9.78 Å².